The molecule has 1 aliphatic rings. The lowest BCUT2D eigenvalue weighted by Gasteiger charge is -2.23. The van der Waals surface area contributed by atoms with Gasteiger partial charge in [-0.25, -0.2) is 0 Å². The first kappa shape index (κ1) is 13.1. The van der Waals surface area contributed by atoms with Crippen LogP contribution in [0.2, 0.25) is 0 Å². The summed E-state index contributed by atoms with van der Waals surface area (Å²) in [5.41, 5.74) is 9.23. The Kier molecular flexibility index (Phi) is 3.99. The van der Waals surface area contributed by atoms with E-state index in [1.807, 2.05) is 19.1 Å². The quantitative estimate of drug-likeness (QED) is 0.757. The van der Waals surface area contributed by atoms with E-state index in [1.165, 1.54) is 0 Å². The van der Waals surface area contributed by atoms with E-state index in [4.69, 9.17) is 5.73 Å². The molecular weight excluding hydrogens is 228 g/mol. The zero-order valence-electron chi connectivity index (χ0n) is 10.6. The monoisotopic (exact) mass is 248 g/mol. The normalized spacial score (nSPS) is 17.8. The fraction of sp³-hybridized carbons (Fsp3) is 0.500. The maximum absolute atomic E-state index is 11.3. The predicted molar refractivity (Wildman–Crippen MR) is 71.2 cm³/mol. The Morgan fingerprint density at radius 2 is 2.22 bits per heavy atom. The van der Waals surface area contributed by atoms with Crippen LogP contribution in [0.25, 0.3) is 0 Å². The van der Waals surface area contributed by atoms with E-state index in [9.17, 15) is 9.90 Å². The third-order valence-corrected chi connectivity index (χ3v) is 3.68. The topological polar surface area (TPSA) is 75.3 Å². The molecule has 18 heavy (non-hydrogen) atoms. The first-order valence-corrected chi connectivity index (χ1v) is 6.44. The van der Waals surface area contributed by atoms with Crippen LogP contribution >= 0.6 is 0 Å². The number of hydrogen-bond donors (Lipinski definition) is 3. The minimum Gasteiger partial charge on any atom is -0.396 e. The summed E-state index contributed by atoms with van der Waals surface area (Å²) in [6.07, 6.45) is 2.14. The van der Waals surface area contributed by atoms with Gasteiger partial charge in [0.2, 0.25) is 5.91 Å². The Morgan fingerprint density at radius 3 is 2.89 bits per heavy atom. The van der Waals surface area contributed by atoms with Gasteiger partial charge in [-0.15, -0.1) is 0 Å². The summed E-state index contributed by atoms with van der Waals surface area (Å²) in [5.74, 6) is 0.155. The van der Waals surface area contributed by atoms with Crippen molar-refractivity contribution in [3.63, 3.8) is 0 Å². The summed E-state index contributed by atoms with van der Waals surface area (Å²) in [5, 5.41) is 12.1. The van der Waals surface area contributed by atoms with E-state index in [-0.39, 0.29) is 24.5 Å². The molecule has 1 amide bonds. The highest BCUT2D eigenvalue weighted by atomic mass is 16.3. The lowest BCUT2D eigenvalue weighted by atomic mass is 9.90. The van der Waals surface area contributed by atoms with Crippen molar-refractivity contribution in [3.05, 3.63) is 29.3 Å². The lowest BCUT2D eigenvalue weighted by molar-refractivity contribution is -0.116. The summed E-state index contributed by atoms with van der Waals surface area (Å²) in [4.78, 5) is 11.3. The fourth-order valence-corrected chi connectivity index (χ4v) is 2.38. The number of benzene rings is 1. The van der Waals surface area contributed by atoms with Gasteiger partial charge in [0.25, 0.3) is 0 Å². The highest BCUT2D eigenvalue weighted by Gasteiger charge is 2.20. The van der Waals surface area contributed by atoms with Gasteiger partial charge in [-0.05, 0) is 30.0 Å². The Bertz CT molecular complexity index is 441. The first-order chi connectivity index (χ1) is 8.65. The number of nitrogens with two attached hydrogens (primary N) is 1. The Morgan fingerprint density at radius 1 is 1.44 bits per heavy atom. The molecule has 0 fully saturated rings. The van der Waals surface area contributed by atoms with Gasteiger partial charge in [0.1, 0.15) is 0 Å². The molecule has 0 aliphatic carbocycles. The van der Waals surface area contributed by atoms with Gasteiger partial charge in [0.05, 0.1) is 0 Å². The smallest absolute Gasteiger partial charge is 0.224 e. The van der Waals surface area contributed by atoms with Gasteiger partial charge in [-0.2, -0.15) is 0 Å². The third-order valence-electron chi connectivity index (χ3n) is 3.68. The minimum absolute atomic E-state index is 0.0707. The summed E-state index contributed by atoms with van der Waals surface area (Å²) in [6, 6.07) is 5.75. The van der Waals surface area contributed by atoms with E-state index >= 15 is 0 Å². The second kappa shape index (κ2) is 5.50. The summed E-state index contributed by atoms with van der Waals surface area (Å²) in [7, 11) is 0. The van der Waals surface area contributed by atoms with Crippen molar-refractivity contribution < 1.29 is 9.90 Å². The summed E-state index contributed by atoms with van der Waals surface area (Å²) >= 11 is 0. The Balaban J connectivity index is 2.23. The van der Waals surface area contributed by atoms with E-state index in [1.54, 1.807) is 0 Å². The van der Waals surface area contributed by atoms with Crippen LogP contribution in [0.15, 0.2) is 18.2 Å². The second-order valence-corrected chi connectivity index (χ2v) is 4.84. The second-order valence-electron chi connectivity index (χ2n) is 4.84. The summed E-state index contributed by atoms with van der Waals surface area (Å²) in [6.45, 7) is 2.13. The van der Waals surface area contributed by atoms with Gasteiger partial charge in [-0.3, -0.25) is 4.79 Å². The van der Waals surface area contributed by atoms with Crippen LogP contribution < -0.4 is 11.1 Å². The molecule has 4 N–H and O–H groups in total. The number of nitrogens with one attached hydrogen (secondary N) is 1. The van der Waals surface area contributed by atoms with E-state index < -0.39 is 0 Å². The molecular formula is C14H20N2O2. The fourth-order valence-electron chi connectivity index (χ4n) is 2.38. The number of hydrogen-bond acceptors (Lipinski definition) is 3. The van der Waals surface area contributed by atoms with Gasteiger partial charge >= 0.3 is 0 Å². The number of anilines is 1. The van der Waals surface area contributed by atoms with Crippen molar-refractivity contribution in [2.75, 3.05) is 11.9 Å². The average Bonchev–Trinajstić information content (AvgIpc) is 2.39. The summed E-state index contributed by atoms with van der Waals surface area (Å²) < 4.78 is 0. The Hall–Kier alpha value is -1.39. The molecule has 0 bridgehead atoms. The number of amides is 1. The standard InChI is InChI=1S/C14H20N2O2/c1-2-9(8-17)14(15)11-3-5-12-10(7-11)4-6-13(18)16-12/h3,5,7,9,14,17H,2,4,6,8,15H2,1H3,(H,16,18). The zero-order valence-corrected chi connectivity index (χ0v) is 10.6. The molecule has 0 spiro atoms. The first-order valence-electron chi connectivity index (χ1n) is 6.44. The lowest BCUT2D eigenvalue weighted by Crippen LogP contribution is -2.25. The molecule has 2 unspecified atom stereocenters. The van der Waals surface area contributed by atoms with Crippen molar-refractivity contribution in [1.82, 2.24) is 0 Å². The molecule has 1 heterocycles. The van der Waals surface area contributed by atoms with Gasteiger partial charge in [0, 0.05) is 30.7 Å². The van der Waals surface area contributed by atoms with Crippen LogP contribution in [0.3, 0.4) is 0 Å². The SMILES string of the molecule is CCC(CO)C(N)c1ccc2c(c1)CCC(=O)N2. The molecule has 0 radical (unpaired) electrons. The van der Waals surface area contributed by atoms with Gasteiger partial charge in [-0.1, -0.05) is 19.1 Å². The number of carbonyl (C=O) groups excluding carboxylic acids is 1. The van der Waals surface area contributed by atoms with Crippen molar-refractivity contribution in [1.29, 1.82) is 0 Å². The van der Waals surface area contributed by atoms with E-state index in [2.05, 4.69) is 11.4 Å². The van der Waals surface area contributed by atoms with Crippen LogP contribution in [0, 0.1) is 5.92 Å². The van der Waals surface area contributed by atoms with Crippen LogP contribution in [-0.4, -0.2) is 17.6 Å². The number of carbonyl (C=O) groups is 1. The number of aliphatic hydroxyl groups excluding tert-OH is 1. The zero-order chi connectivity index (χ0) is 13.1. The molecule has 1 aromatic rings. The van der Waals surface area contributed by atoms with E-state index in [0.717, 1.165) is 29.7 Å². The maximum atomic E-state index is 11.3. The highest BCUT2D eigenvalue weighted by Crippen LogP contribution is 2.28. The van der Waals surface area contributed by atoms with Crippen LogP contribution in [-0.2, 0) is 11.2 Å². The molecule has 0 saturated heterocycles. The third kappa shape index (κ3) is 2.54. The molecule has 4 nitrogen and oxygen atoms in total. The molecule has 1 aliphatic heterocycles. The molecule has 4 heteroatoms. The van der Waals surface area contributed by atoms with Gasteiger partial charge < -0.3 is 16.2 Å². The number of rotatable bonds is 4. The molecule has 98 valence electrons. The molecule has 0 saturated carbocycles. The number of fused-ring (bicyclic) bond motifs is 1. The van der Waals surface area contributed by atoms with Crippen molar-refractivity contribution >= 4 is 11.6 Å². The predicted octanol–water partition coefficient (Wildman–Crippen LogP) is 1.59. The Labute approximate surface area is 107 Å². The van der Waals surface area contributed by atoms with Crippen molar-refractivity contribution in [3.8, 4) is 0 Å². The highest BCUT2D eigenvalue weighted by molar-refractivity contribution is 5.93. The largest absolute Gasteiger partial charge is 0.396 e. The average molecular weight is 248 g/mol. The van der Waals surface area contributed by atoms with Crippen molar-refractivity contribution in [2.24, 2.45) is 11.7 Å². The van der Waals surface area contributed by atoms with Gasteiger partial charge in [0.15, 0.2) is 0 Å². The van der Waals surface area contributed by atoms with Crippen LogP contribution in [0.4, 0.5) is 5.69 Å². The van der Waals surface area contributed by atoms with E-state index in [0.29, 0.717) is 6.42 Å². The number of aryl methyl sites for hydroxylation is 1. The maximum Gasteiger partial charge on any atom is 0.224 e. The molecule has 1 aromatic carbocycles. The molecule has 2 atom stereocenters. The molecule has 2 rings (SSSR count). The minimum atomic E-state index is -0.150. The van der Waals surface area contributed by atoms with Crippen LogP contribution in [0.1, 0.15) is 36.9 Å². The number of aliphatic hydroxyl groups is 1. The van der Waals surface area contributed by atoms with Crippen LogP contribution in [0.5, 0.6) is 0 Å². The molecule has 0 aromatic heterocycles. The van der Waals surface area contributed by atoms with Crippen molar-refractivity contribution in [2.45, 2.75) is 32.2 Å².